The van der Waals surface area contributed by atoms with E-state index in [2.05, 4.69) is 47.6 Å². The molecule has 5 nitrogen and oxygen atoms in total. The number of ether oxygens (including phenoxy) is 1. The summed E-state index contributed by atoms with van der Waals surface area (Å²) in [5.41, 5.74) is -0.702. The SMILES string of the molecule is CC(=O)OC1CCC2(C)C(CCC3C4(C)CCC5(C)CCC(C)C(C)C5C4=CC(=O)C32C)C1(C)C(=O)O. The van der Waals surface area contributed by atoms with Crippen molar-refractivity contribution in [1.82, 2.24) is 0 Å². The van der Waals surface area contributed by atoms with Crippen LogP contribution in [0.25, 0.3) is 0 Å². The summed E-state index contributed by atoms with van der Waals surface area (Å²) in [5, 5.41) is 10.5. The molecule has 11 unspecified atom stereocenters. The van der Waals surface area contributed by atoms with Crippen molar-refractivity contribution in [2.24, 2.45) is 56.7 Å². The van der Waals surface area contributed by atoms with Gasteiger partial charge in [0.05, 0.1) is 0 Å². The minimum Gasteiger partial charge on any atom is -0.481 e. The summed E-state index contributed by atoms with van der Waals surface area (Å²) in [6.45, 7) is 17.2. The van der Waals surface area contributed by atoms with E-state index in [-0.39, 0.29) is 28.4 Å². The number of carboxylic acid groups (broad SMARTS) is 1. The van der Waals surface area contributed by atoms with Crippen LogP contribution >= 0.6 is 0 Å². The van der Waals surface area contributed by atoms with Gasteiger partial charge in [-0.1, -0.05) is 47.1 Å². The van der Waals surface area contributed by atoms with Gasteiger partial charge in [0.2, 0.25) is 0 Å². The predicted molar refractivity (Wildman–Crippen MR) is 143 cm³/mol. The number of hydrogen-bond acceptors (Lipinski definition) is 4. The molecule has 4 saturated carbocycles. The molecule has 0 aliphatic heterocycles. The van der Waals surface area contributed by atoms with Gasteiger partial charge in [-0.15, -0.1) is 0 Å². The van der Waals surface area contributed by atoms with E-state index in [1.807, 2.05) is 0 Å². The molecule has 0 spiro atoms. The maximum Gasteiger partial charge on any atom is 0.313 e. The van der Waals surface area contributed by atoms with Gasteiger partial charge in [0.1, 0.15) is 11.5 Å². The lowest BCUT2D eigenvalue weighted by atomic mass is 9.33. The second-order valence-corrected chi connectivity index (χ2v) is 14.9. The van der Waals surface area contributed by atoms with Crippen molar-refractivity contribution in [3.63, 3.8) is 0 Å². The van der Waals surface area contributed by atoms with Crippen molar-refractivity contribution >= 4 is 17.7 Å². The maximum atomic E-state index is 14.5. The van der Waals surface area contributed by atoms with E-state index in [0.29, 0.717) is 30.6 Å². The molecule has 0 saturated heterocycles. The Labute approximate surface area is 223 Å². The Hall–Kier alpha value is -1.65. The number of carbonyl (C=O) groups excluding carboxylic acids is 2. The van der Waals surface area contributed by atoms with E-state index in [9.17, 15) is 19.5 Å². The van der Waals surface area contributed by atoms with Crippen molar-refractivity contribution in [2.75, 3.05) is 0 Å². The van der Waals surface area contributed by atoms with Gasteiger partial charge in [-0.05, 0) is 110 Å². The van der Waals surface area contributed by atoms with Crippen LogP contribution in [-0.4, -0.2) is 28.9 Å². The monoisotopic (exact) mass is 512 g/mol. The molecule has 1 N–H and O–H groups in total. The summed E-state index contributed by atoms with van der Waals surface area (Å²) in [6.07, 6.45) is 8.99. The normalized spacial score (nSPS) is 53.1. The van der Waals surface area contributed by atoms with Crippen molar-refractivity contribution in [3.8, 4) is 0 Å². The minimum absolute atomic E-state index is 0.0432. The largest absolute Gasteiger partial charge is 0.481 e. The number of aliphatic carboxylic acids is 1. The Balaban J connectivity index is 1.62. The molecule has 206 valence electrons. The Morgan fingerprint density at radius 3 is 2.19 bits per heavy atom. The molecule has 5 rings (SSSR count). The highest BCUT2D eigenvalue weighted by Gasteiger charge is 2.73. The molecular formula is C32H48O5. The molecule has 0 bridgehead atoms. The van der Waals surface area contributed by atoms with Crippen LogP contribution in [0, 0.1) is 56.7 Å². The highest BCUT2D eigenvalue weighted by atomic mass is 16.5. The fourth-order valence-corrected chi connectivity index (χ4v) is 11.0. The van der Waals surface area contributed by atoms with Gasteiger partial charge in [-0.3, -0.25) is 14.4 Å². The van der Waals surface area contributed by atoms with Crippen LogP contribution in [0.4, 0.5) is 0 Å². The van der Waals surface area contributed by atoms with E-state index < -0.39 is 34.3 Å². The molecule has 0 amide bonds. The average Bonchev–Trinajstić information content (AvgIpc) is 2.81. The molecule has 5 heteroatoms. The smallest absolute Gasteiger partial charge is 0.313 e. The van der Waals surface area contributed by atoms with Gasteiger partial charge in [0.25, 0.3) is 0 Å². The second-order valence-electron chi connectivity index (χ2n) is 14.9. The maximum absolute atomic E-state index is 14.5. The van der Waals surface area contributed by atoms with Crippen LogP contribution < -0.4 is 0 Å². The zero-order chi connectivity index (χ0) is 27.3. The Morgan fingerprint density at radius 1 is 0.919 bits per heavy atom. The summed E-state index contributed by atoms with van der Waals surface area (Å²) >= 11 is 0. The fraction of sp³-hybridized carbons (Fsp3) is 0.844. The molecule has 0 heterocycles. The van der Waals surface area contributed by atoms with Crippen LogP contribution in [0.1, 0.15) is 107 Å². The molecule has 11 atom stereocenters. The third-order valence-electron chi connectivity index (χ3n) is 13.6. The lowest BCUT2D eigenvalue weighted by Crippen LogP contribution is -2.69. The molecule has 4 fully saturated rings. The summed E-state index contributed by atoms with van der Waals surface area (Å²) in [7, 11) is 0. The average molecular weight is 513 g/mol. The number of allylic oxidation sites excluding steroid dienone is 2. The highest BCUT2D eigenvalue weighted by molar-refractivity contribution is 5.98. The van der Waals surface area contributed by atoms with E-state index in [1.165, 1.54) is 31.8 Å². The Morgan fingerprint density at radius 2 is 1.57 bits per heavy atom. The molecular weight excluding hydrogens is 464 g/mol. The number of carboxylic acids is 1. The van der Waals surface area contributed by atoms with Crippen LogP contribution in [0.2, 0.25) is 0 Å². The first-order chi connectivity index (χ1) is 17.1. The molecule has 5 aliphatic rings. The van der Waals surface area contributed by atoms with Crippen molar-refractivity contribution in [1.29, 1.82) is 0 Å². The van der Waals surface area contributed by atoms with Gasteiger partial charge < -0.3 is 9.84 Å². The lowest BCUT2D eigenvalue weighted by Gasteiger charge is -2.70. The zero-order valence-corrected chi connectivity index (χ0v) is 24.3. The van der Waals surface area contributed by atoms with E-state index in [1.54, 1.807) is 6.92 Å². The summed E-state index contributed by atoms with van der Waals surface area (Å²) in [5.74, 6) is 0.488. The summed E-state index contributed by atoms with van der Waals surface area (Å²) in [6, 6.07) is 0. The molecule has 5 aliphatic carbocycles. The number of hydrogen-bond donors (Lipinski definition) is 1. The highest BCUT2D eigenvalue weighted by Crippen LogP contribution is 2.74. The minimum atomic E-state index is -1.21. The van der Waals surface area contributed by atoms with Crippen LogP contribution in [0.3, 0.4) is 0 Å². The first-order valence-electron chi connectivity index (χ1n) is 14.7. The molecule has 0 aromatic heterocycles. The lowest BCUT2D eigenvalue weighted by molar-refractivity contribution is -0.225. The molecule has 0 aromatic rings. The number of fused-ring (bicyclic) bond motifs is 7. The van der Waals surface area contributed by atoms with Crippen LogP contribution in [0.5, 0.6) is 0 Å². The quantitative estimate of drug-likeness (QED) is 0.410. The van der Waals surface area contributed by atoms with E-state index >= 15 is 0 Å². The van der Waals surface area contributed by atoms with Crippen LogP contribution in [0.15, 0.2) is 11.6 Å². The third kappa shape index (κ3) is 3.24. The Kier molecular flexibility index (Phi) is 5.95. The van der Waals surface area contributed by atoms with Crippen LogP contribution in [-0.2, 0) is 19.1 Å². The molecule has 0 radical (unpaired) electrons. The van der Waals surface area contributed by atoms with Gasteiger partial charge in [0.15, 0.2) is 5.78 Å². The third-order valence-corrected chi connectivity index (χ3v) is 13.6. The molecule has 0 aromatic carbocycles. The van der Waals surface area contributed by atoms with Gasteiger partial charge in [-0.2, -0.15) is 0 Å². The zero-order valence-electron chi connectivity index (χ0n) is 24.3. The first-order valence-corrected chi connectivity index (χ1v) is 14.7. The number of carbonyl (C=O) groups is 3. The number of rotatable bonds is 2. The first kappa shape index (κ1) is 26.9. The summed E-state index contributed by atoms with van der Waals surface area (Å²) in [4.78, 5) is 39.3. The van der Waals surface area contributed by atoms with Crippen molar-refractivity contribution in [3.05, 3.63) is 11.6 Å². The van der Waals surface area contributed by atoms with Crippen molar-refractivity contribution in [2.45, 2.75) is 113 Å². The van der Waals surface area contributed by atoms with E-state index in [4.69, 9.17) is 4.74 Å². The standard InChI is InChI=1S/C32H48O5/c1-18-11-13-28(4)15-16-29(5)21(26(28)19(18)2)17-24(34)32(8)22(29)9-10-23-30(32,6)14-12-25(37-20(3)33)31(23,7)27(35)36/h17-19,22-23,25-26H,9-16H2,1-8H3,(H,35,36). The fourth-order valence-electron chi connectivity index (χ4n) is 11.0. The van der Waals surface area contributed by atoms with Crippen molar-refractivity contribution < 1.29 is 24.2 Å². The van der Waals surface area contributed by atoms with Gasteiger partial charge in [-0.25, -0.2) is 0 Å². The molecule has 37 heavy (non-hydrogen) atoms. The second kappa shape index (κ2) is 8.18. The van der Waals surface area contributed by atoms with Gasteiger partial charge >= 0.3 is 11.9 Å². The van der Waals surface area contributed by atoms with E-state index in [0.717, 1.165) is 19.3 Å². The predicted octanol–water partition coefficient (Wildman–Crippen LogP) is 6.84. The summed E-state index contributed by atoms with van der Waals surface area (Å²) < 4.78 is 5.64. The van der Waals surface area contributed by atoms with Gasteiger partial charge in [0, 0.05) is 12.3 Å². The Bertz CT molecular complexity index is 1060. The number of ketones is 1. The number of esters is 1. The topological polar surface area (TPSA) is 80.7 Å².